The number of benzene rings is 2. The minimum atomic E-state index is -0.730. The van der Waals surface area contributed by atoms with Crippen LogP contribution in [-0.2, 0) is 9.53 Å². The fourth-order valence-corrected chi connectivity index (χ4v) is 2.38. The van der Waals surface area contributed by atoms with Crippen LogP contribution in [-0.4, -0.2) is 16.8 Å². The number of rotatable bonds is 2. The summed E-state index contributed by atoms with van der Waals surface area (Å²) in [7, 11) is 0. The van der Waals surface area contributed by atoms with Crippen molar-refractivity contribution in [2.45, 2.75) is 13.2 Å². The van der Waals surface area contributed by atoms with Gasteiger partial charge in [-0.1, -0.05) is 29.8 Å². The molecule has 1 aliphatic rings. The molecule has 0 N–H and O–H groups in total. The first-order chi connectivity index (χ1) is 10.6. The zero-order chi connectivity index (χ0) is 15.7. The second kappa shape index (κ2) is 5.77. The summed E-state index contributed by atoms with van der Waals surface area (Å²) in [5.74, 6) is -0.379. The quantitative estimate of drug-likeness (QED) is 0.847. The Morgan fingerprint density at radius 1 is 1.23 bits per heavy atom. The van der Waals surface area contributed by atoms with Crippen LogP contribution in [0.3, 0.4) is 0 Å². The highest BCUT2D eigenvalue weighted by molar-refractivity contribution is 6.31. The van der Waals surface area contributed by atoms with Crippen molar-refractivity contribution in [3.05, 3.63) is 70.5 Å². The lowest BCUT2D eigenvalue weighted by Gasteiger charge is -2.20. The lowest BCUT2D eigenvalue weighted by atomic mass is 10.2. The predicted octanol–water partition coefficient (Wildman–Crippen LogP) is 3.72. The third kappa shape index (κ3) is 2.67. The van der Waals surface area contributed by atoms with Crippen molar-refractivity contribution in [3.8, 4) is 0 Å². The lowest BCUT2D eigenvalue weighted by Crippen LogP contribution is -2.25. The van der Waals surface area contributed by atoms with E-state index in [9.17, 15) is 9.18 Å². The summed E-state index contributed by atoms with van der Waals surface area (Å²) >= 11 is 6.17. The molecule has 0 saturated heterocycles. The number of carbonyl (C=O) groups excluding carboxylic acids is 1. The maximum Gasteiger partial charge on any atom is 0.243 e. The molecule has 0 spiro atoms. The molecule has 1 amide bonds. The first-order valence-corrected chi connectivity index (χ1v) is 6.99. The van der Waals surface area contributed by atoms with E-state index >= 15 is 0 Å². The smallest absolute Gasteiger partial charge is 0.243 e. The molecule has 1 heterocycles. The molecule has 0 bridgehead atoms. The van der Waals surface area contributed by atoms with Crippen molar-refractivity contribution in [1.29, 1.82) is 0 Å². The van der Waals surface area contributed by atoms with Gasteiger partial charge in [-0.05, 0) is 30.3 Å². The molecule has 6 heteroatoms. The highest BCUT2D eigenvalue weighted by atomic mass is 35.5. The van der Waals surface area contributed by atoms with E-state index in [-0.39, 0.29) is 17.6 Å². The molecule has 4 nitrogen and oxygen atoms in total. The molecule has 2 aromatic rings. The summed E-state index contributed by atoms with van der Waals surface area (Å²) < 4.78 is 18.8. The van der Waals surface area contributed by atoms with E-state index in [0.29, 0.717) is 16.1 Å². The number of hydrazone groups is 1. The largest absolute Gasteiger partial charge is 0.446 e. The van der Waals surface area contributed by atoms with Crippen LogP contribution in [0.25, 0.3) is 0 Å². The van der Waals surface area contributed by atoms with Crippen molar-refractivity contribution in [1.82, 2.24) is 5.01 Å². The number of amides is 1. The SMILES string of the molecule is CC(=O)N1N=C(c2ccc(F)cc2)O[C@@H]1c1ccccc1Cl. The molecule has 0 fully saturated rings. The molecule has 1 aliphatic heterocycles. The summed E-state index contributed by atoms with van der Waals surface area (Å²) in [6.45, 7) is 1.39. The van der Waals surface area contributed by atoms with E-state index in [1.807, 2.05) is 0 Å². The minimum absolute atomic E-state index is 0.250. The molecule has 0 unspecified atom stereocenters. The fraction of sp³-hybridized carbons (Fsp3) is 0.125. The molecule has 1 atom stereocenters. The Morgan fingerprint density at radius 2 is 1.91 bits per heavy atom. The monoisotopic (exact) mass is 318 g/mol. The van der Waals surface area contributed by atoms with E-state index in [4.69, 9.17) is 16.3 Å². The van der Waals surface area contributed by atoms with Crippen molar-refractivity contribution in [2.24, 2.45) is 5.10 Å². The Kier molecular flexibility index (Phi) is 3.81. The Morgan fingerprint density at radius 3 is 2.55 bits per heavy atom. The molecule has 0 radical (unpaired) electrons. The predicted molar refractivity (Wildman–Crippen MR) is 80.7 cm³/mol. The van der Waals surface area contributed by atoms with Crippen LogP contribution >= 0.6 is 11.6 Å². The first kappa shape index (κ1) is 14.5. The Balaban J connectivity index is 1.96. The van der Waals surface area contributed by atoms with Gasteiger partial charge in [0.05, 0.1) is 0 Å². The maximum atomic E-state index is 13.0. The second-order valence-electron chi connectivity index (χ2n) is 4.77. The summed E-state index contributed by atoms with van der Waals surface area (Å²) in [5.41, 5.74) is 1.22. The highest BCUT2D eigenvalue weighted by Crippen LogP contribution is 2.33. The van der Waals surface area contributed by atoms with Crippen molar-refractivity contribution in [2.75, 3.05) is 0 Å². The van der Waals surface area contributed by atoms with Crippen LogP contribution < -0.4 is 0 Å². The number of ether oxygens (including phenoxy) is 1. The Hall–Kier alpha value is -2.40. The Labute approximate surface area is 131 Å². The normalized spacial score (nSPS) is 17.1. The zero-order valence-corrected chi connectivity index (χ0v) is 12.4. The molecule has 0 aromatic heterocycles. The van der Waals surface area contributed by atoms with E-state index in [2.05, 4.69) is 5.10 Å². The van der Waals surface area contributed by atoms with Gasteiger partial charge in [0.1, 0.15) is 5.82 Å². The zero-order valence-electron chi connectivity index (χ0n) is 11.7. The third-order valence-electron chi connectivity index (χ3n) is 3.23. The van der Waals surface area contributed by atoms with Gasteiger partial charge in [0, 0.05) is 23.1 Å². The average Bonchev–Trinajstić information content (AvgIpc) is 2.93. The topological polar surface area (TPSA) is 41.9 Å². The van der Waals surface area contributed by atoms with Gasteiger partial charge in [-0.15, -0.1) is 5.10 Å². The summed E-state index contributed by atoms with van der Waals surface area (Å²) in [5, 5.41) is 5.89. The number of hydrogen-bond donors (Lipinski definition) is 0. The molecule has 0 aliphatic carbocycles. The molecule has 112 valence electrons. The van der Waals surface area contributed by atoms with E-state index in [0.717, 1.165) is 0 Å². The standard InChI is InChI=1S/C16H12ClFN2O2/c1-10(21)20-16(13-4-2-3-5-14(13)17)22-15(19-20)11-6-8-12(18)9-7-11/h2-9,16H,1H3/t16-/m1/s1. The summed E-state index contributed by atoms with van der Waals surface area (Å²) in [6, 6.07) is 12.8. The van der Waals surface area contributed by atoms with Gasteiger partial charge in [0.25, 0.3) is 0 Å². The van der Waals surface area contributed by atoms with Gasteiger partial charge in [0.15, 0.2) is 0 Å². The third-order valence-corrected chi connectivity index (χ3v) is 3.57. The summed E-state index contributed by atoms with van der Waals surface area (Å²) in [6.07, 6.45) is -0.730. The van der Waals surface area contributed by atoms with Gasteiger partial charge in [-0.2, -0.15) is 5.01 Å². The first-order valence-electron chi connectivity index (χ1n) is 6.61. The van der Waals surface area contributed by atoms with E-state index < -0.39 is 6.23 Å². The van der Waals surface area contributed by atoms with Crippen molar-refractivity contribution in [3.63, 3.8) is 0 Å². The van der Waals surface area contributed by atoms with Gasteiger partial charge < -0.3 is 4.74 Å². The summed E-state index contributed by atoms with van der Waals surface area (Å²) in [4.78, 5) is 11.8. The van der Waals surface area contributed by atoms with Crippen LogP contribution in [0.2, 0.25) is 5.02 Å². The van der Waals surface area contributed by atoms with Crippen LogP contribution in [0, 0.1) is 5.82 Å². The number of halogens is 2. The molecule has 3 rings (SSSR count). The highest BCUT2D eigenvalue weighted by Gasteiger charge is 2.34. The molecular formula is C16H12ClFN2O2. The number of hydrogen-bond acceptors (Lipinski definition) is 3. The van der Waals surface area contributed by atoms with Gasteiger partial charge >= 0.3 is 0 Å². The average molecular weight is 319 g/mol. The molecule has 22 heavy (non-hydrogen) atoms. The van der Waals surface area contributed by atoms with Gasteiger partial charge in [0.2, 0.25) is 18.0 Å². The van der Waals surface area contributed by atoms with E-state index in [1.54, 1.807) is 36.4 Å². The van der Waals surface area contributed by atoms with Crippen LogP contribution in [0.1, 0.15) is 24.3 Å². The van der Waals surface area contributed by atoms with E-state index in [1.165, 1.54) is 24.1 Å². The molecule has 2 aromatic carbocycles. The fourth-order valence-electron chi connectivity index (χ4n) is 2.15. The van der Waals surface area contributed by atoms with Gasteiger partial charge in [-0.25, -0.2) is 4.39 Å². The molecule has 0 saturated carbocycles. The number of carbonyl (C=O) groups is 1. The van der Waals surface area contributed by atoms with Gasteiger partial charge in [-0.3, -0.25) is 4.79 Å². The Bertz CT molecular complexity index is 746. The minimum Gasteiger partial charge on any atom is -0.446 e. The maximum absolute atomic E-state index is 13.0. The number of nitrogens with zero attached hydrogens (tertiary/aromatic N) is 2. The second-order valence-corrected chi connectivity index (χ2v) is 5.17. The van der Waals surface area contributed by atoms with Crippen molar-refractivity contribution >= 4 is 23.4 Å². The molecular weight excluding hydrogens is 307 g/mol. The van der Waals surface area contributed by atoms with Crippen LogP contribution in [0.15, 0.2) is 53.6 Å². The lowest BCUT2D eigenvalue weighted by molar-refractivity contribution is -0.135. The van der Waals surface area contributed by atoms with Crippen LogP contribution in [0.5, 0.6) is 0 Å². The van der Waals surface area contributed by atoms with Crippen LogP contribution in [0.4, 0.5) is 4.39 Å². The van der Waals surface area contributed by atoms with Crippen molar-refractivity contribution < 1.29 is 13.9 Å².